The van der Waals surface area contributed by atoms with Crippen molar-refractivity contribution in [3.05, 3.63) is 83.0 Å². The second-order valence-electron chi connectivity index (χ2n) is 5.00. The van der Waals surface area contributed by atoms with Crippen LogP contribution in [0.4, 0.5) is 0 Å². The second kappa shape index (κ2) is 6.35. The zero-order valence-electron chi connectivity index (χ0n) is 12.5. The van der Waals surface area contributed by atoms with E-state index in [0.29, 0.717) is 13.2 Å². The third-order valence-electron chi connectivity index (χ3n) is 3.55. The highest BCUT2D eigenvalue weighted by Crippen LogP contribution is 2.16. The smallest absolute Gasteiger partial charge is 0.332 e. The summed E-state index contributed by atoms with van der Waals surface area (Å²) in [6.07, 6.45) is 3.58. The van der Waals surface area contributed by atoms with Gasteiger partial charge in [-0.1, -0.05) is 30.3 Å². The van der Waals surface area contributed by atoms with E-state index in [1.807, 2.05) is 61.5 Å². The first-order valence-corrected chi connectivity index (χ1v) is 7.33. The van der Waals surface area contributed by atoms with E-state index in [2.05, 4.69) is 0 Å². The molecule has 0 saturated heterocycles. The number of benzene rings is 2. The number of rotatable bonds is 5. The Hall–Kier alpha value is -2.75. The average Bonchev–Trinajstić information content (AvgIpc) is 2.95. The maximum absolute atomic E-state index is 12.1. The molecule has 0 fully saturated rings. The number of aromatic nitrogens is 2. The first-order chi connectivity index (χ1) is 10.8. The van der Waals surface area contributed by atoms with E-state index in [0.717, 1.165) is 17.0 Å². The van der Waals surface area contributed by atoms with Crippen LogP contribution in [-0.2, 0) is 13.2 Å². The molecule has 3 rings (SSSR count). The van der Waals surface area contributed by atoms with E-state index in [1.54, 1.807) is 21.5 Å². The lowest BCUT2D eigenvalue weighted by atomic mass is 10.2. The molecule has 0 bridgehead atoms. The zero-order valence-corrected chi connectivity index (χ0v) is 12.5. The topological polar surface area (TPSA) is 36.2 Å². The van der Waals surface area contributed by atoms with Gasteiger partial charge in [-0.15, -0.1) is 0 Å². The van der Waals surface area contributed by atoms with Gasteiger partial charge in [0.25, 0.3) is 0 Å². The Labute approximate surface area is 129 Å². The van der Waals surface area contributed by atoms with E-state index in [1.165, 1.54) is 0 Å². The van der Waals surface area contributed by atoms with Crippen LogP contribution in [0.5, 0.6) is 5.75 Å². The average molecular weight is 294 g/mol. The third-order valence-corrected chi connectivity index (χ3v) is 3.55. The van der Waals surface area contributed by atoms with Gasteiger partial charge in [0.15, 0.2) is 0 Å². The molecule has 1 aromatic heterocycles. The zero-order chi connectivity index (χ0) is 15.4. The van der Waals surface area contributed by atoms with Crippen molar-refractivity contribution in [3.63, 3.8) is 0 Å². The Bertz CT molecular complexity index is 786. The minimum Gasteiger partial charge on any atom is -0.489 e. The number of nitrogens with zero attached hydrogens (tertiary/aromatic N) is 2. The predicted molar refractivity (Wildman–Crippen MR) is 86.5 cm³/mol. The molecule has 0 aliphatic heterocycles. The molecule has 0 radical (unpaired) electrons. The van der Waals surface area contributed by atoms with Gasteiger partial charge in [-0.25, -0.2) is 4.79 Å². The monoisotopic (exact) mass is 294 g/mol. The van der Waals surface area contributed by atoms with Crippen LogP contribution in [0.15, 0.2) is 71.8 Å². The van der Waals surface area contributed by atoms with Gasteiger partial charge in [0, 0.05) is 18.9 Å². The lowest BCUT2D eigenvalue weighted by Gasteiger charge is -2.07. The van der Waals surface area contributed by atoms with Crippen LogP contribution in [-0.4, -0.2) is 9.13 Å². The molecule has 4 nitrogen and oxygen atoms in total. The number of imidazole rings is 1. The maximum Gasteiger partial charge on any atom is 0.332 e. The third kappa shape index (κ3) is 2.96. The molecule has 0 saturated carbocycles. The Balaban J connectivity index is 1.72. The molecule has 0 atom stereocenters. The molecule has 0 unspecified atom stereocenters. The number of aryl methyl sites for hydroxylation is 1. The van der Waals surface area contributed by atoms with Crippen molar-refractivity contribution in [2.45, 2.75) is 20.1 Å². The highest BCUT2D eigenvalue weighted by atomic mass is 16.5. The minimum absolute atomic E-state index is 0.0274. The van der Waals surface area contributed by atoms with Gasteiger partial charge in [-0.05, 0) is 36.8 Å². The molecule has 1 heterocycles. The van der Waals surface area contributed by atoms with Gasteiger partial charge < -0.3 is 4.74 Å². The summed E-state index contributed by atoms with van der Waals surface area (Å²) in [5.41, 5.74) is 1.94. The molecule has 3 aromatic rings. The summed E-state index contributed by atoms with van der Waals surface area (Å²) in [7, 11) is 0. The second-order valence-corrected chi connectivity index (χ2v) is 5.00. The van der Waals surface area contributed by atoms with Crippen molar-refractivity contribution >= 4 is 0 Å². The van der Waals surface area contributed by atoms with Crippen LogP contribution in [0.3, 0.4) is 0 Å². The molecule has 112 valence electrons. The molecule has 4 heteroatoms. The Morgan fingerprint density at radius 2 is 1.68 bits per heavy atom. The molecular weight excluding hydrogens is 276 g/mol. The summed E-state index contributed by atoms with van der Waals surface area (Å²) in [6, 6.07) is 17.6. The van der Waals surface area contributed by atoms with Gasteiger partial charge >= 0.3 is 5.69 Å². The molecule has 0 N–H and O–H groups in total. The van der Waals surface area contributed by atoms with E-state index < -0.39 is 0 Å². The minimum atomic E-state index is -0.0274. The van der Waals surface area contributed by atoms with Crippen molar-refractivity contribution in [1.82, 2.24) is 9.13 Å². The molecule has 0 amide bonds. The van der Waals surface area contributed by atoms with Gasteiger partial charge in [-0.2, -0.15) is 0 Å². The first kappa shape index (κ1) is 14.2. The Kier molecular flexibility index (Phi) is 4.10. The summed E-state index contributed by atoms with van der Waals surface area (Å²) in [4.78, 5) is 12.1. The van der Waals surface area contributed by atoms with Crippen molar-refractivity contribution in [2.24, 2.45) is 0 Å². The van der Waals surface area contributed by atoms with Gasteiger partial charge in [-0.3, -0.25) is 9.13 Å². The van der Waals surface area contributed by atoms with Gasteiger partial charge in [0.2, 0.25) is 0 Å². The highest BCUT2D eigenvalue weighted by molar-refractivity contribution is 5.37. The molecular formula is C18H18N2O2. The lowest BCUT2D eigenvalue weighted by Crippen LogP contribution is -2.22. The summed E-state index contributed by atoms with van der Waals surface area (Å²) < 4.78 is 9.04. The van der Waals surface area contributed by atoms with Crippen molar-refractivity contribution < 1.29 is 4.74 Å². The van der Waals surface area contributed by atoms with E-state index in [4.69, 9.17) is 4.74 Å². The van der Waals surface area contributed by atoms with Gasteiger partial charge in [0.1, 0.15) is 12.4 Å². The quantitative estimate of drug-likeness (QED) is 0.724. The van der Waals surface area contributed by atoms with Crippen LogP contribution in [0, 0.1) is 0 Å². The Morgan fingerprint density at radius 3 is 2.32 bits per heavy atom. The fraction of sp³-hybridized carbons (Fsp3) is 0.167. The lowest BCUT2D eigenvalue weighted by molar-refractivity contribution is 0.306. The van der Waals surface area contributed by atoms with Crippen LogP contribution < -0.4 is 10.4 Å². The summed E-state index contributed by atoms with van der Waals surface area (Å²) in [6.45, 7) is 3.16. The number of hydrogen-bond donors (Lipinski definition) is 0. The fourth-order valence-electron chi connectivity index (χ4n) is 2.29. The number of ether oxygens (including phenoxy) is 1. The standard InChI is InChI=1S/C18H18N2O2/c1-2-19-12-13-20(18(19)21)16-8-10-17(11-9-16)22-14-15-6-4-3-5-7-15/h3-13H,2,14H2,1H3. The summed E-state index contributed by atoms with van der Waals surface area (Å²) >= 11 is 0. The summed E-state index contributed by atoms with van der Waals surface area (Å²) in [5.74, 6) is 0.788. The Morgan fingerprint density at radius 1 is 0.955 bits per heavy atom. The molecule has 0 aliphatic rings. The predicted octanol–water partition coefficient (Wildman–Crippen LogP) is 3.24. The fourth-order valence-corrected chi connectivity index (χ4v) is 2.29. The van der Waals surface area contributed by atoms with Crippen molar-refractivity contribution in [1.29, 1.82) is 0 Å². The largest absolute Gasteiger partial charge is 0.489 e. The molecule has 2 aromatic carbocycles. The maximum atomic E-state index is 12.1. The molecule has 0 spiro atoms. The van der Waals surface area contributed by atoms with Crippen molar-refractivity contribution in [3.8, 4) is 11.4 Å². The SMILES string of the molecule is CCn1ccn(-c2ccc(OCc3ccccc3)cc2)c1=O. The van der Waals surface area contributed by atoms with Crippen molar-refractivity contribution in [2.75, 3.05) is 0 Å². The van der Waals surface area contributed by atoms with Crippen LogP contribution in [0.2, 0.25) is 0 Å². The van der Waals surface area contributed by atoms with E-state index in [9.17, 15) is 4.79 Å². The van der Waals surface area contributed by atoms with E-state index >= 15 is 0 Å². The molecule has 22 heavy (non-hydrogen) atoms. The van der Waals surface area contributed by atoms with Crippen LogP contribution in [0.1, 0.15) is 12.5 Å². The normalized spacial score (nSPS) is 10.6. The summed E-state index contributed by atoms with van der Waals surface area (Å²) in [5, 5.41) is 0. The number of hydrogen-bond acceptors (Lipinski definition) is 2. The van der Waals surface area contributed by atoms with Crippen LogP contribution in [0.25, 0.3) is 5.69 Å². The van der Waals surface area contributed by atoms with E-state index in [-0.39, 0.29) is 5.69 Å². The highest BCUT2D eigenvalue weighted by Gasteiger charge is 2.04. The van der Waals surface area contributed by atoms with Crippen LogP contribution >= 0.6 is 0 Å². The van der Waals surface area contributed by atoms with Gasteiger partial charge in [0.05, 0.1) is 5.69 Å². The molecule has 0 aliphatic carbocycles. The first-order valence-electron chi connectivity index (χ1n) is 7.33.